The Morgan fingerprint density at radius 3 is 2.50 bits per heavy atom. The van der Waals surface area contributed by atoms with Crippen LogP contribution in [0.15, 0.2) is 82.5 Å². The second-order valence-electron chi connectivity index (χ2n) is 8.05. The molecule has 9 heteroatoms. The standard InChI is InChI=1S/C25H27BrN4O3S/c1-16-5-8-20(9-6-16)11-17(2)15-34(32,33)23-12-21(10-7-18(23)3)29-25-27-13-22(26)24(30-25)28-19(4)14-31/h5-10,12-13,31H,2,4,11,14-15H2,1,3H3,(H2,27,28,29,30). The zero-order valence-electron chi connectivity index (χ0n) is 19.1. The highest BCUT2D eigenvalue weighted by molar-refractivity contribution is 9.10. The summed E-state index contributed by atoms with van der Waals surface area (Å²) < 4.78 is 27.0. The van der Waals surface area contributed by atoms with Gasteiger partial charge in [0.05, 0.1) is 21.7 Å². The molecule has 178 valence electrons. The largest absolute Gasteiger partial charge is 0.390 e. The molecule has 0 bridgehead atoms. The highest BCUT2D eigenvalue weighted by atomic mass is 79.9. The number of aliphatic hydroxyl groups excluding tert-OH is 1. The molecule has 0 fully saturated rings. The maximum Gasteiger partial charge on any atom is 0.229 e. The van der Waals surface area contributed by atoms with Crippen molar-refractivity contribution >= 4 is 43.2 Å². The van der Waals surface area contributed by atoms with E-state index in [4.69, 9.17) is 0 Å². The molecule has 0 aliphatic carbocycles. The van der Waals surface area contributed by atoms with Crippen LogP contribution in [0.5, 0.6) is 0 Å². The van der Waals surface area contributed by atoms with Gasteiger partial charge in [-0.1, -0.05) is 54.6 Å². The third kappa shape index (κ3) is 6.75. The number of hydrogen-bond donors (Lipinski definition) is 3. The first-order valence-electron chi connectivity index (χ1n) is 10.5. The van der Waals surface area contributed by atoms with Crippen molar-refractivity contribution in [3.05, 3.63) is 94.3 Å². The van der Waals surface area contributed by atoms with E-state index in [-0.39, 0.29) is 23.2 Å². The molecule has 34 heavy (non-hydrogen) atoms. The Labute approximate surface area is 208 Å². The van der Waals surface area contributed by atoms with Crippen LogP contribution in [0.2, 0.25) is 0 Å². The zero-order valence-corrected chi connectivity index (χ0v) is 21.5. The highest BCUT2D eigenvalue weighted by Gasteiger charge is 2.20. The third-order valence-electron chi connectivity index (χ3n) is 4.98. The average molecular weight is 543 g/mol. The van der Waals surface area contributed by atoms with E-state index in [1.165, 1.54) is 0 Å². The Morgan fingerprint density at radius 1 is 1.12 bits per heavy atom. The van der Waals surface area contributed by atoms with E-state index in [0.717, 1.165) is 11.1 Å². The topological polar surface area (TPSA) is 104 Å². The first-order chi connectivity index (χ1) is 16.1. The van der Waals surface area contributed by atoms with Crippen LogP contribution in [0.4, 0.5) is 17.5 Å². The monoisotopic (exact) mass is 542 g/mol. The summed E-state index contributed by atoms with van der Waals surface area (Å²) in [6, 6.07) is 13.1. The second kappa shape index (κ2) is 10.9. The number of halogens is 1. The van der Waals surface area contributed by atoms with Gasteiger partial charge in [0, 0.05) is 17.6 Å². The average Bonchev–Trinajstić information content (AvgIpc) is 2.78. The fourth-order valence-corrected chi connectivity index (χ4v) is 5.21. The van der Waals surface area contributed by atoms with Crippen molar-refractivity contribution in [2.45, 2.75) is 25.2 Å². The minimum atomic E-state index is -3.61. The van der Waals surface area contributed by atoms with Gasteiger partial charge >= 0.3 is 0 Å². The van der Waals surface area contributed by atoms with Crippen molar-refractivity contribution in [2.24, 2.45) is 0 Å². The molecule has 0 atom stereocenters. The van der Waals surface area contributed by atoms with E-state index in [2.05, 4.69) is 49.7 Å². The van der Waals surface area contributed by atoms with Crippen molar-refractivity contribution in [1.82, 2.24) is 9.97 Å². The molecule has 0 amide bonds. The van der Waals surface area contributed by atoms with Gasteiger partial charge in [0.1, 0.15) is 5.82 Å². The SMILES string of the molecule is C=C(Cc1ccc(C)cc1)CS(=O)(=O)c1cc(Nc2ncc(Br)c(NC(=C)CO)n2)ccc1C. The molecule has 1 aromatic heterocycles. The lowest BCUT2D eigenvalue weighted by molar-refractivity contribution is 0.333. The number of nitrogens with zero attached hydrogens (tertiary/aromatic N) is 2. The molecular weight excluding hydrogens is 516 g/mol. The van der Waals surface area contributed by atoms with Crippen molar-refractivity contribution in [1.29, 1.82) is 0 Å². The summed E-state index contributed by atoms with van der Waals surface area (Å²) in [6.07, 6.45) is 2.04. The maximum absolute atomic E-state index is 13.2. The number of rotatable bonds is 10. The number of aryl methyl sites for hydroxylation is 2. The minimum absolute atomic E-state index is 0.142. The lowest BCUT2D eigenvalue weighted by atomic mass is 10.1. The fourth-order valence-electron chi connectivity index (χ4n) is 3.26. The molecular formula is C25H27BrN4O3S. The van der Waals surface area contributed by atoms with Gasteiger partial charge in [-0.05, 0) is 59.5 Å². The number of anilines is 3. The quantitative estimate of drug-likeness (QED) is 0.306. The molecule has 3 N–H and O–H groups in total. The third-order valence-corrected chi connectivity index (χ3v) is 7.46. The molecule has 0 spiro atoms. The molecule has 0 saturated carbocycles. The first kappa shape index (κ1) is 25.6. The predicted molar refractivity (Wildman–Crippen MR) is 140 cm³/mol. The number of benzene rings is 2. The molecule has 0 aliphatic heterocycles. The number of nitrogens with one attached hydrogen (secondary N) is 2. The fraction of sp³-hybridized carbons (Fsp3) is 0.200. The van der Waals surface area contributed by atoms with Gasteiger partial charge in [-0.2, -0.15) is 4.98 Å². The summed E-state index contributed by atoms with van der Waals surface area (Å²) in [5.74, 6) is 0.536. The van der Waals surface area contributed by atoms with Crippen molar-refractivity contribution < 1.29 is 13.5 Å². The van der Waals surface area contributed by atoms with Crippen molar-refractivity contribution in [3.63, 3.8) is 0 Å². The maximum atomic E-state index is 13.2. The number of hydrogen-bond acceptors (Lipinski definition) is 7. The van der Waals surface area contributed by atoms with Crippen LogP contribution in [-0.2, 0) is 16.3 Å². The van der Waals surface area contributed by atoms with E-state index in [1.54, 1.807) is 31.3 Å². The first-order valence-corrected chi connectivity index (χ1v) is 12.9. The van der Waals surface area contributed by atoms with Crippen LogP contribution < -0.4 is 10.6 Å². The van der Waals surface area contributed by atoms with Gasteiger partial charge in [0.25, 0.3) is 0 Å². The highest BCUT2D eigenvalue weighted by Crippen LogP contribution is 2.26. The molecule has 3 rings (SSSR count). The van der Waals surface area contributed by atoms with Crippen LogP contribution in [0.25, 0.3) is 0 Å². The summed E-state index contributed by atoms with van der Waals surface area (Å²) in [5, 5.41) is 15.1. The summed E-state index contributed by atoms with van der Waals surface area (Å²) in [7, 11) is -3.61. The van der Waals surface area contributed by atoms with E-state index >= 15 is 0 Å². The lowest BCUT2D eigenvalue weighted by Gasteiger charge is -2.13. The van der Waals surface area contributed by atoms with Crippen LogP contribution in [0.1, 0.15) is 16.7 Å². The van der Waals surface area contributed by atoms with Crippen molar-refractivity contribution in [2.75, 3.05) is 23.0 Å². The van der Waals surface area contributed by atoms with Crippen molar-refractivity contribution in [3.8, 4) is 0 Å². The Kier molecular flexibility index (Phi) is 8.24. The molecule has 0 unspecified atom stereocenters. The Hall–Kier alpha value is -3.01. The van der Waals surface area contributed by atoms with Gasteiger partial charge in [-0.25, -0.2) is 13.4 Å². The van der Waals surface area contributed by atoms with Crippen LogP contribution in [-0.4, -0.2) is 35.9 Å². The number of aromatic nitrogens is 2. The van der Waals surface area contributed by atoms with E-state index in [1.807, 2.05) is 31.2 Å². The molecule has 7 nitrogen and oxygen atoms in total. The lowest BCUT2D eigenvalue weighted by Crippen LogP contribution is -2.12. The van der Waals surface area contributed by atoms with Crippen LogP contribution >= 0.6 is 15.9 Å². The van der Waals surface area contributed by atoms with E-state index in [0.29, 0.717) is 39.2 Å². The minimum Gasteiger partial charge on any atom is -0.390 e. The Bertz CT molecular complexity index is 1320. The summed E-state index contributed by atoms with van der Waals surface area (Å²) in [4.78, 5) is 8.80. The molecule has 0 radical (unpaired) electrons. The van der Waals surface area contributed by atoms with Gasteiger partial charge in [0.2, 0.25) is 5.95 Å². The van der Waals surface area contributed by atoms with Gasteiger partial charge in [-0.15, -0.1) is 0 Å². The number of sulfone groups is 1. The predicted octanol–water partition coefficient (Wildman–Crippen LogP) is 5.09. The summed E-state index contributed by atoms with van der Waals surface area (Å²) in [6.45, 7) is 11.2. The molecule has 0 aliphatic rings. The summed E-state index contributed by atoms with van der Waals surface area (Å²) >= 11 is 3.35. The smallest absolute Gasteiger partial charge is 0.229 e. The Balaban J connectivity index is 1.78. The van der Waals surface area contributed by atoms with Crippen LogP contribution in [0, 0.1) is 13.8 Å². The number of aliphatic hydroxyl groups is 1. The zero-order chi connectivity index (χ0) is 24.9. The Morgan fingerprint density at radius 2 is 1.82 bits per heavy atom. The van der Waals surface area contributed by atoms with Gasteiger partial charge < -0.3 is 15.7 Å². The van der Waals surface area contributed by atoms with E-state index in [9.17, 15) is 13.5 Å². The van der Waals surface area contributed by atoms with Gasteiger partial charge in [0.15, 0.2) is 9.84 Å². The second-order valence-corrected chi connectivity index (χ2v) is 10.9. The molecule has 2 aromatic carbocycles. The summed E-state index contributed by atoms with van der Waals surface area (Å²) in [5.41, 5.74) is 4.35. The normalized spacial score (nSPS) is 11.2. The molecule has 0 saturated heterocycles. The molecule has 1 heterocycles. The van der Waals surface area contributed by atoms with Crippen LogP contribution in [0.3, 0.4) is 0 Å². The van der Waals surface area contributed by atoms with Gasteiger partial charge in [-0.3, -0.25) is 0 Å². The van der Waals surface area contributed by atoms with E-state index < -0.39 is 9.84 Å². The molecule has 3 aromatic rings.